The summed E-state index contributed by atoms with van der Waals surface area (Å²) < 4.78 is 13.1. The zero-order chi connectivity index (χ0) is 18.6. The van der Waals surface area contributed by atoms with Crippen LogP contribution in [0, 0.1) is 0 Å². The Labute approximate surface area is 161 Å². The van der Waals surface area contributed by atoms with E-state index < -0.39 is 0 Å². The Morgan fingerprint density at radius 3 is 2.52 bits per heavy atom. The summed E-state index contributed by atoms with van der Waals surface area (Å²) in [6, 6.07) is 19.3. The molecule has 5 heteroatoms. The van der Waals surface area contributed by atoms with Crippen LogP contribution in [0.5, 0.6) is 11.5 Å². The Kier molecular flexibility index (Phi) is 4.94. The SMILES string of the molecule is COc1ccc(OCCn2cc(C(=O)c3cccs3)c3ccccc32)cc1. The van der Waals surface area contributed by atoms with E-state index in [0.29, 0.717) is 13.2 Å². The summed E-state index contributed by atoms with van der Waals surface area (Å²) in [6.07, 6.45) is 1.93. The maximum atomic E-state index is 12.8. The normalized spacial score (nSPS) is 10.9. The van der Waals surface area contributed by atoms with Crippen molar-refractivity contribution < 1.29 is 14.3 Å². The molecule has 0 saturated heterocycles. The fourth-order valence-electron chi connectivity index (χ4n) is 3.09. The average Bonchev–Trinajstić information content (AvgIpc) is 3.37. The largest absolute Gasteiger partial charge is 0.497 e. The molecule has 0 spiro atoms. The molecule has 0 N–H and O–H groups in total. The molecule has 0 bridgehead atoms. The maximum absolute atomic E-state index is 12.8. The van der Waals surface area contributed by atoms with E-state index in [-0.39, 0.29) is 5.78 Å². The number of ketones is 1. The Balaban J connectivity index is 1.54. The van der Waals surface area contributed by atoms with Crippen LogP contribution in [0.1, 0.15) is 15.2 Å². The number of nitrogens with zero attached hydrogens (tertiary/aromatic N) is 1. The summed E-state index contributed by atoms with van der Waals surface area (Å²) in [5, 5.41) is 2.90. The van der Waals surface area contributed by atoms with E-state index >= 15 is 0 Å². The summed E-state index contributed by atoms with van der Waals surface area (Å²) in [4.78, 5) is 13.6. The fraction of sp³-hybridized carbons (Fsp3) is 0.136. The quantitative estimate of drug-likeness (QED) is 0.425. The van der Waals surface area contributed by atoms with Gasteiger partial charge in [0.15, 0.2) is 0 Å². The van der Waals surface area contributed by atoms with Crippen LogP contribution in [0.3, 0.4) is 0 Å². The first kappa shape index (κ1) is 17.4. The molecule has 0 aliphatic carbocycles. The smallest absolute Gasteiger partial charge is 0.205 e. The highest BCUT2D eigenvalue weighted by Crippen LogP contribution is 2.25. The van der Waals surface area contributed by atoms with Gasteiger partial charge in [0, 0.05) is 22.7 Å². The number of carbonyl (C=O) groups is 1. The van der Waals surface area contributed by atoms with Crippen molar-refractivity contribution in [1.82, 2.24) is 4.57 Å². The molecule has 2 aromatic heterocycles. The molecule has 4 nitrogen and oxygen atoms in total. The number of thiophene rings is 1. The average molecular weight is 377 g/mol. The number of hydrogen-bond donors (Lipinski definition) is 0. The van der Waals surface area contributed by atoms with Crippen molar-refractivity contribution in [3.05, 3.63) is 82.7 Å². The number of carbonyl (C=O) groups excluding carboxylic acids is 1. The minimum absolute atomic E-state index is 0.0658. The van der Waals surface area contributed by atoms with Crippen LogP contribution >= 0.6 is 11.3 Å². The van der Waals surface area contributed by atoms with Gasteiger partial charge in [0.25, 0.3) is 0 Å². The summed E-state index contributed by atoms with van der Waals surface area (Å²) in [7, 11) is 1.64. The highest BCUT2D eigenvalue weighted by atomic mass is 32.1. The standard InChI is InChI=1S/C22H19NO3S/c1-25-16-8-10-17(11-9-16)26-13-12-23-15-19(18-5-2-3-6-20(18)23)22(24)21-7-4-14-27-21/h2-11,14-15H,12-13H2,1H3. The molecule has 4 aromatic rings. The molecule has 0 radical (unpaired) electrons. The Morgan fingerprint density at radius 2 is 1.78 bits per heavy atom. The van der Waals surface area contributed by atoms with Gasteiger partial charge < -0.3 is 14.0 Å². The fourth-order valence-corrected chi connectivity index (χ4v) is 3.76. The van der Waals surface area contributed by atoms with E-state index in [9.17, 15) is 4.79 Å². The number of rotatable bonds is 7. The zero-order valence-corrected chi connectivity index (χ0v) is 15.7. The van der Waals surface area contributed by atoms with Crippen LogP contribution < -0.4 is 9.47 Å². The monoisotopic (exact) mass is 377 g/mol. The summed E-state index contributed by atoms with van der Waals surface area (Å²) in [5.41, 5.74) is 1.77. The molecule has 4 rings (SSSR count). The van der Waals surface area contributed by atoms with E-state index in [4.69, 9.17) is 9.47 Å². The molecule has 2 heterocycles. The van der Waals surface area contributed by atoms with E-state index in [0.717, 1.165) is 32.8 Å². The molecule has 2 aromatic carbocycles. The van der Waals surface area contributed by atoms with Gasteiger partial charge in [-0.15, -0.1) is 11.3 Å². The van der Waals surface area contributed by atoms with Crippen LogP contribution in [-0.4, -0.2) is 24.1 Å². The third kappa shape index (κ3) is 3.59. The number of hydrogen-bond acceptors (Lipinski definition) is 4. The molecule has 0 unspecified atom stereocenters. The van der Waals surface area contributed by atoms with Crippen molar-refractivity contribution in [3.8, 4) is 11.5 Å². The predicted molar refractivity (Wildman–Crippen MR) is 108 cm³/mol. The zero-order valence-electron chi connectivity index (χ0n) is 14.9. The van der Waals surface area contributed by atoms with Crippen molar-refractivity contribution in [2.75, 3.05) is 13.7 Å². The molecule has 0 aliphatic heterocycles. The maximum Gasteiger partial charge on any atom is 0.205 e. The minimum Gasteiger partial charge on any atom is -0.497 e. The van der Waals surface area contributed by atoms with Crippen LogP contribution in [0.2, 0.25) is 0 Å². The van der Waals surface area contributed by atoms with Crippen LogP contribution in [-0.2, 0) is 6.54 Å². The molecule has 0 aliphatic rings. The Morgan fingerprint density at radius 1 is 1.00 bits per heavy atom. The van der Waals surface area contributed by atoms with Crippen molar-refractivity contribution in [2.24, 2.45) is 0 Å². The highest BCUT2D eigenvalue weighted by molar-refractivity contribution is 7.12. The van der Waals surface area contributed by atoms with Gasteiger partial charge in [0.1, 0.15) is 18.1 Å². The van der Waals surface area contributed by atoms with Crippen LogP contribution in [0.4, 0.5) is 0 Å². The number of para-hydroxylation sites is 1. The van der Waals surface area contributed by atoms with Gasteiger partial charge in [-0.1, -0.05) is 24.3 Å². The van der Waals surface area contributed by atoms with Gasteiger partial charge in [0.2, 0.25) is 5.78 Å². The summed E-state index contributed by atoms with van der Waals surface area (Å²) in [5.74, 6) is 1.66. The molecule has 0 atom stereocenters. The number of fused-ring (bicyclic) bond motifs is 1. The second kappa shape index (κ2) is 7.68. The van der Waals surface area contributed by atoms with Gasteiger partial charge in [-0.05, 0) is 41.8 Å². The molecule has 136 valence electrons. The second-order valence-electron chi connectivity index (χ2n) is 6.08. The molecule has 27 heavy (non-hydrogen) atoms. The third-order valence-corrected chi connectivity index (χ3v) is 5.31. The molecular weight excluding hydrogens is 358 g/mol. The minimum atomic E-state index is 0.0658. The number of aromatic nitrogens is 1. The lowest BCUT2D eigenvalue weighted by Crippen LogP contribution is -2.07. The first-order chi connectivity index (χ1) is 13.3. The summed E-state index contributed by atoms with van der Waals surface area (Å²) >= 11 is 1.47. The second-order valence-corrected chi connectivity index (χ2v) is 7.03. The van der Waals surface area contributed by atoms with E-state index in [1.54, 1.807) is 7.11 Å². The molecule has 0 saturated carbocycles. The van der Waals surface area contributed by atoms with Gasteiger partial charge in [0.05, 0.1) is 18.5 Å². The lowest BCUT2D eigenvalue weighted by atomic mass is 10.1. The molecule has 0 amide bonds. The Bertz CT molecular complexity index is 1050. The number of benzene rings is 2. The van der Waals surface area contributed by atoms with Crippen molar-refractivity contribution in [3.63, 3.8) is 0 Å². The van der Waals surface area contributed by atoms with Crippen molar-refractivity contribution in [1.29, 1.82) is 0 Å². The number of ether oxygens (including phenoxy) is 2. The topological polar surface area (TPSA) is 40.5 Å². The van der Waals surface area contributed by atoms with E-state index in [2.05, 4.69) is 4.57 Å². The molecule has 0 fully saturated rings. The Hall–Kier alpha value is -3.05. The van der Waals surface area contributed by atoms with E-state index in [1.807, 2.05) is 72.2 Å². The van der Waals surface area contributed by atoms with Crippen LogP contribution in [0.15, 0.2) is 72.2 Å². The van der Waals surface area contributed by atoms with Gasteiger partial charge in [-0.2, -0.15) is 0 Å². The first-order valence-electron chi connectivity index (χ1n) is 8.69. The van der Waals surface area contributed by atoms with E-state index in [1.165, 1.54) is 11.3 Å². The van der Waals surface area contributed by atoms with Gasteiger partial charge >= 0.3 is 0 Å². The van der Waals surface area contributed by atoms with Crippen molar-refractivity contribution >= 4 is 28.0 Å². The van der Waals surface area contributed by atoms with Gasteiger partial charge in [-0.25, -0.2) is 0 Å². The van der Waals surface area contributed by atoms with Crippen molar-refractivity contribution in [2.45, 2.75) is 6.54 Å². The van der Waals surface area contributed by atoms with Crippen LogP contribution in [0.25, 0.3) is 10.9 Å². The lowest BCUT2D eigenvalue weighted by Gasteiger charge is -2.09. The number of methoxy groups -OCH3 is 1. The highest BCUT2D eigenvalue weighted by Gasteiger charge is 2.17. The molecular formula is C22H19NO3S. The third-order valence-electron chi connectivity index (χ3n) is 4.44. The summed E-state index contributed by atoms with van der Waals surface area (Å²) in [6.45, 7) is 1.17. The lowest BCUT2D eigenvalue weighted by molar-refractivity contribution is 0.104. The van der Waals surface area contributed by atoms with Gasteiger partial charge in [-0.3, -0.25) is 4.79 Å². The first-order valence-corrected chi connectivity index (χ1v) is 9.57. The predicted octanol–water partition coefficient (Wildman–Crippen LogP) is 5.02.